The molecule has 38 heavy (non-hydrogen) atoms. The first kappa shape index (κ1) is 32.2. The molecule has 0 aliphatic heterocycles. The highest BCUT2D eigenvalue weighted by Gasteiger charge is 2.25. The Hall–Kier alpha value is -3.86. The van der Waals surface area contributed by atoms with Gasteiger partial charge in [0.15, 0.2) is 0 Å². The minimum Gasteiger partial charge on any atom is -0.391 e. The van der Waals surface area contributed by atoms with Crippen molar-refractivity contribution in [3.8, 4) is 0 Å². The molecule has 0 spiro atoms. The zero-order chi connectivity index (χ0) is 29.1. The number of nitrogens with zero attached hydrogens (tertiary/aromatic N) is 2. The number of oxime groups is 1. The number of anilines is 1. The molecule has 2 rings (SSSR count). The van der Waals surface area contributed by atoms with Crippen LogP contribution in [-0.4, -0.2) is 50.5 Å². The van der Waals surface area contributed by atoms with Crippen molar-refractivity contribution in [3.05, 3.63) is 62.8 Å². The quantitative estimate of drug-likeness (QED) is 0.0791. The number of pyridine rings is 1. The average molecular weight is 587 g/mol. The number of alkyl halides is 3. The van der Waals surface area contributed by atoms with Crippen LogP contribution in [-0.2, 0) is 36.7 Å². The van der Waals surface area contributed by atoms with Gasteiger partial charge in [0.05, 0.1) is 12.3 Å². The van der Waals surface area contributed by atoms with E-state index in [9.17, 15) is 35.6 Å². The Labute approximate surface area is 218 Å². The molecule has 6 N–H and O–H groups in total. The molecule has 0 saturated carbocycles. The van der Waals surface area contributed by atoms with Crippen LogP contribution in [0.5, 0.6) is 0 Å². The van der Waals surface area contributed by atoms with E-state index in [4.69, 9.17) is 32.7 Å². The molecule has 210 valence electrons. The zero-order valence-electron chi connectivity index (χ0n) is 19.6. The summed E-state index contributed by atoms with van der Waals surface area (Å²) in [7, 11) is -4.18. The molecule has 0 aliphatic carbocycles. The number of rotatable bonds is 10. The van der Waals surface area contributed by atoms with Gasteiger partial charge in [0.2, 0.25) is 28.2 Å². The summed E-state index contributed by atoms with van der Waals surface area (Å²) in [5, 5.41) is 5.73. The van der Waals surface area contributed by atoms with Gasteiger partial charge in [-0.25, -0.2) is 12.8 Å². The normalized spacial score (nSPS) is 11.0. The van der Waals surface area contributed by atoms with Gasteiger partial charge in [-0.1, -0.05) is 17.7 Å². The lowest BCUT2D eigenvalue weighted by Gasteiger charge is -2.14. The minimum atomic E-state index is -4.64. The Morgan fingerprint density at radius 3 is 2.42 bits per heavy atom. The van der Waals surface area contributed by atoms with Gasteiger partial charge in [0.25, 0.3) is 5.56 Å². The second kappa shape index (κ2) is 14.2. The maximum Gasteiger partial charge on any atom is 0.446 e. The fourth-order valence-electron chi connectivity index (χ4n) is 2.56. The molecule has 0 radical (unpaired) electrons. The molecule has 2 aromatic rings. The molecule has 1 aromatic heterocycles. The van der Waals surface area contributed by atoms with E-state index >= 15 is 0 Å². The maximum absolute atomic E-state index is 13.9. The van der Waals surface area contributed by atoms with Crippen molar-refractivity contribution in [1.82, 2.24) is 9.88 Å². The van der Waals surface area contributed by atoms with Gasteiger partial charge in [-0.05, 0) is 36.3 Å². The Kier molecular flexibility index (Phi) is 12.0. The summed E-state index contributed by atoms with van der Waals surface area (Å²) in [5.74, 6) is -2.36. The molecule has 0 saturated heterocycles. The summed E-state index contributed by atoms with van der Waals surface area (Å²) in [6.07, 6.45) is -5.70. The Morgan fingerprint density at radius 2 is 1.87 bits per heavy atom. The first-order valence-electron chi connectivity index (χ1n) is 10.2. The molecule has 0 unspecified atom stereocenters. The molecule has 18 heteroatoms. The average Bonchev–Trinajstić information content (AvgIpc) is 2.80. The summed E-state index contributed by atoms with van der Waals surface area (Å²) >= 11 is 5.88. The van der Waals surface area contributed by atoms with E-state index in [0.717, 1.165) is 10.6 Å². The highest BCUT2D eigenvalue weighted by molar-refractivity contribution is 7.91. The van der Waals surface area contributed by atoms with Crippen molar-refractivity contribution in [3.63, 3.8) is 0 Å². The van der Waals surface area contributed by atoms with Crippen LogP contribution in [0.3, 0.4) is 0 Å². The predicted octanol–water partition coefficient (Wildman–Crippen LogP) is 0.960. The fourth-order valence-corrected chi connectivity index (χ4v) is 4.11. The summed E-state index contributed by atoms with van der Waals surface area (Å²) < 4.78 is 73.4. The van der Waals surface area contributed by atoms with Gasteiger partial charge in [0.1, 0.15) is 24.7 Å². The Balaban J connectivity index is 0.00000107. The minimum absolute atomic E-state index is 0.00400. The lowest BCUT2D eigenvalue weighted by atomic mass is 10.2. The molecule has 1 amide bonds. The number of carbonyl (C=O) groups is 2. The van der Waals surface area contributed by atoms with Gasteiger partial charge in [-0.3, -0.25) is 19.1 Å². The van der Waals surface area contributed by atoms with Crippen LogP contribution in [0.4, 0.5) is 23.2 Å². The van der Waals surface area contributed by atoms with Crippen LogP contribution in [0.25, 0.3) is 0 Å². The number of guanidine groups is 1. The number of sulfonamides is 1. The molecule has 0 aliphatic rings. The molecule has 0 bridgehead atoms. The van der Waals surface area contributed by atoms with E-state index < -0.39 is 45.5 Å². The summed E-state index contributed by atoms with van der Waals surface area (Å²) in [6.45, 7) is 1.27. The number of carbonyl (C=O) groups excluding carboxylic acids is 2. The van der Waals surface area contributed by atoms with E-state index in [0.29, 0.717) is 5.69 Å². The smallest absolute Gasteiger partial charge is 0.391 e. The van der Waals surface area contributed by atoms with Crippen molar-refractivity contribution in [2.45, 2.75) is 25.4 Å². The number of hydrogen-bond acceptors (Lipinski definition) is 7. The van der Waals surface area contributed by atoms with Gasteiger partial charge in [0, 0.05) is 16.3 Å². The Bertz CT molecular complexity index is 1310. The van der Waals surface area contributed by atoms with Crippen molar-refractivity contribution in [1.29, 1.82) is 0 Å². The molecule has 1 heterocycles. The largest absolute Gasteiger partial charge is 0.446 e. The molecular formula is C20H23ClF4N6O6S. The first-order valence-corrected chi connectivity index (χ1v) is 12.2. The van der Waals surface area contributed by atoms with Crippen LogP contribution in [0.15, 0.2) is 40.3 Å². The summed E-state index contributed by atoms with van der Waals surface area (Å²) in [5.41, 5.74) is 9.32. The Morgan fingerprint density at radius 1 is 1.24 bits per heavy atom. The lowest BCUT2D eigenvalue weighted by molar-refractivity contribution is -0.156. The number of aromatic nitrogens is 1. The number of halogens is 5. The van der Waals surface area contributed by atoms with Crippen molar-refractivity contribution < 1.29 is 40.4 Å². The third-order valence-electron chi connectivity index (χ3n) is 4.17. The van der Waals surface area contributed by atoms with Gasteiger partial charge < -0.3 is 26.2 Å². The molecule has 12 nitrogen and oxygen atoms in total. The third-order valence-corrected chi connectivity index (χ3v) is 5.73. The van der Waals surface area contributed by atoms with Gasteiger partial charge in [-0.15, -0.1) is 0 Å². The van der Waals surface area contributed by atoms with Gasteiger partial charge >= 0.3 is 6.18 Å². The topological polar surface area (TPSA) is 188 Å². The van der Waals surface area contributed by atoms with E-state index in [1.54, 1.807) is 6.92 Å². The number of nitrogens with two attached hydrogens (primary N) is 2. The number of benzene rings is 1. The first-order chi connectivity index (χ1) is 17.6. The maximum atomic E-state index is 13.9. The van der Waals surface area contributed by atoms with Crippen LogP contribution >= 0.6 is 11.6 Å². The van der Waals surface area contributed by atoms with Crippen molar-refractivity contribution in [2.24, 2.45) is 16.6 Å². The van der Waals surface area contributed by atoms with Crippen LogP contribution in [0.2, 0.25) is 5.02 Å². The van der Waals surface area contributed by atoms with E-state index in [2.05, 4.69) is 15.2 Å². The summed E-state index contributed by atoms with van der Waals surface area (Å²) in [4.78, 5) is 38.3. The number of aldehydes is 1. The number of nitrogens with one attached hydrogen (secondary N) is 2. The van der Waals surface area contributed by atoms with Crippen molar-refractivity contribution >= 4 is 45.5 Å². The summed E-state index contributed by atoms with van der Waals surface area (Å²) in [6, 6.07) is 6.50. The SMILES string of the molecule is Cc1ccc(NS(=O)(=O)Cc2c(F)cccc2Cl)c(=O)n1CC(=O)NCCON=C(N)N.O=CC(F)(F)F. The number of aryl methyl sites for hydroxylation is 1. The highest BCUT2D eigenvalue weighted by atomic mass is 35.5. The molecule has 0 fully saturated rings. The number of hydrogen-bond donors (Lipinski definition) is 4. The zero-order valence-corrected chi connectivity index (χ0v) is 21.2. The number of amides is 1. The van der Waals surface area contributed by atoms with Crippen LogP contribution < -0.4 is 27.1 Å². The monoisotopic (exact) mass is 586 g/mol. The van der Waals surface area contributed by atoms with Gasteiger partial charge in [-0.2, -0.15) is 13.2 Å². The lowest BCUT2D eigenvalue weighted by Crippen LogP contribution is -2.36. The highest BCUT2D eigenvalue weighted by Crippen LogP contribution is 2.22. The van der Waals surface area contributed by atoms with Crippen LogP contribution in [0.1, 0.15) is 11.3 Å². The second-order valence-electron chi connectivity index (χ2n) is 7.20. The standard InChI is InChI=1S/C18H22ClFN6O5S.C2HF3O/c1-11-5-6-15(25-32(29,30)10-12-13(19)3-2-4-14(12)20)17(28)26(11)9-16(27)23-7-8-31-24-18(21)22;3-2(4,5)1-6/h2-6,25H,7-10H2,1H3,(H,23,27)(H4,21,22,24);1H. The molecule has 1 aromatic carbocycles. The van der Waals surface area contributed by atoms with E-state index in [1.165, 1.54) is 24.3 Å². The van der Waals surface area contributed by atoms with Crippen LogP contribution in [0, 0.1) is 12.7 Å². The van der Waals surface area contributed by atoms with Crippen molar-refractivity contribution in [2.75, 3.05) is 17.9 Å². The third kappa shape index (κ3) is 11.5. The predicted molar refractivity (Wildman–Crippen MR) is 130 cm³/mol. The fraction of sp³-hybridized carbons (Fsp3) is 0.300. The van der Waals surface area contributed by atoms with E-state index in [1.807, 2.05) is 0 Å². The second-order valence-corrected chi connectivity index (χ2v) is 9.33. The van der Waals surface area contributed by atoms with E-state index in [-0.39, 0.29) is 41.9 Å². The molecular weight excluding hydrogens is 564 g/mol. The molecule has 0 atom stereocenters.